The summed E-state index contributed by atoms with van der Waals surface area (Å²) in [5.74, 6) is -2.52. The number of ether oxygens (including phenoxy) is 2. The normalized spacial score (nSPS) is 12.8. The molecule has 0 saturated heterocycles. The smallest absolute Gasteiger partial charge is 0.277 e. The summed E-state index contributed by atoms with van der Waals surface area (Å²) in [5, 5.41) is 4.64. The van der Waals surface area contributed by atoms with Crippen molar-refractivity contribution in [2.24, 2.45) is 5.92 Å². The van der Waals surface area contributed by atoms with E-state index < -0.39 is 28.8 Å². The van der Waals surface area contributed by atoms with Gasteiger partial charge in [0.25, 0.3) is 5.91 Å². The number of aromatic nitrogens is 1. The Labute approximate surface area is 254 Å². The fourth-order valence-corrected chi connectivity index (χ4v) is 4.88. The molecule has 0 spiro atoms. The van der Waals surface area contributed by atoms with Crippen LogP contribution in [0.2, 0.25) is 0 Å². The molecule has 43 heavy (non-hydrogen) atoms. The predicted molar refractivity (Wildman–Crippen MR) is 162 cm³/mol. The highest BCUT2D eigenvalue weighted by Crippen LogP contribution is 2.24. The molecule has 0 unspecified atom stereocenters. The van der Waals surface area contributed by atoms with E-state index in [0.717, 1.165) is 17.7 Å². The molecule has 0 radical (unpaired) electrons. The van der Waals surface area contributed by atoms with Gasteiger partial charge in [0.05, 0.1) is 23.7 Å². The molecule has 2 aromatic carbocycles. The number of methoxy groups -OCH3 is 1. The SMILES string of the molecule is COCCN1CN(CC(C)C)n2cc(C(=O)CNC(=S)Cc3ccc(F)cc3F)c(=O)c(OCc3ccccc3)c2C1=O. The van der Waals surface area contributed by atoms with Crippen LogP contribution in [-0.4, -0.2) is 66.3 Å². The zero-order valence-electron chi connectivity index (χ0n) is 24.3. The number of nitrogens with zero attached hydrogens (tertiary/aromatic N) is 3. The lowest BCUT2D eigenvalue weighted by Crippen LogP contribution is -2.56. The molecule has 1 aromatic heterocycles. The van der Waals surface area contributed by atoms with Crippen molar-refractivity contribution < 1.29 is 27.8 Å². The van der Waals surface area contributed by atoms with Crippen molar-refractivity contribution in [3.05, 3.63) is 99.0 Å². The van der Waals surface area contributed by atoms with Gasteiger partial charge in [-0.3, -0.25) is 24.1 Å². The number of pyridine rings is 1. The Morgan fingerprint density at radius 1 is 1.12 bits per heavy atom. The van der Waals surface area contributed by atoms with E-state index in [9.17, 15) is 23.2 Å². The van der Waals surface area contributed by atoms with E-state index in [1.165, 1.54) is 16.9 Å². The summed E-state index contributed by atoms with van der Waals surface area (Å²) in [5.41, 5.74) is 0.0438. The quantitative estimate of drug-likeness (QED) is 0.231. The third-order valence-electron chi connectivity index (χ3n) is 6.75. The summed E-state index contributed by atoms with van der Waals surface area (Å²) < 4.78 is 40.1. The minimum atomic E-state index is -0.752. The summed E-state index contributed by atoms with van der Waals surface area (Å²) >= 11 is 5.28. The van der Waals surface area contributed by atoms with Crippen LogP contribution in [0.4, 0.5) is 8.78 Å². The molecule has 9 nitrogen and oxygen atoms in total. The average molecular weight is 613 g/mol. The van der Waals surface area contributed by atoms with E-state index in [2.05, 4.69) is 5.32 Å². The number of benzene rings is 2. The first-order valence-corrected chi connectivity index (χ1v) is 14.2. The van der Waals surface area contributed by atoms with Crippen LogP contribution in [0.3, 0.4) is 0 Å². The molecule has 3 aromatic rings. The molecule has 2 heterocycles. The molecule has 4 rings (SSSR count). The maximum Gasteiger partial charge on any atom is 0.277 e. The zero-order chi connectivity index (χ0) is 31.1. The molecule has 228 valence electrons. The summed E-state index contributed by atoms with van der Waals surface area (Å²) in [6.45, 7) is 5.02. The summed E-state index contributed by atoms with van der Waals surface area (Å²) in [4.78, 5) is 42.6. The highest BCUT2D eigenvalue weighted by Gasteiger charge is 2.35. The molecule has 1 amide bonds. The van der Waals surface area contributed by atoms with Crippen molar-refractivity contribution in [2.75, 3.05) is 45.0 Å². The largest absolute Gasteiger partial charge is 0.482 e. The van der Waals surface area contributed by atoms with Gasteiger partial charge in [-0.15, -0.1) is 0 Å². The number of Topliss-reactive ketones (excluding diaryl/α,β-unsaturated/α-hetero) is 1. The minimum absolute atomic E-state index is 0.00181. The molecular formula is C31H34F2N4O5S. The van der Waals surface area contributed by atoms with Gasteiger partial charge in [-0.1, -0.05) is 62.5 Å². The van der Waals surface area contributed by atoms with Crippen LogP contribution in [0.15, 0.2) is 59.5 Å². The van der Waals surface area contributed by atoms with Crippen molar-refractivity contribution in [3.63, 3.8) is 0 Å². The molecule has 0 aliphatic carbocycles. The number of fused-ring (bicyclic) bond motifs is 1. The fourth-order valence-electron chi connectivity index (χ4n) is 4.65. The van der Waals surface area contributed by atoms with Gasteiger partial charge in [0.2, 0.25) is 5.43 Å². The first-order chi connectivity index (χ1) is 20.6. The highest BCUT2D eigenvalue weighted by atomic mass is 32.1. The van der Waals surface area contributed by atoms with Gasteiger partial charge < -0.3 is 19.7 Å². The van der Waals surface area contributed by atoms with E-state index in [1.807, 2.05) is 49.2 Å². The summed E-state index contributed by atoms with van der Waals surface area (Å²) in [7, 11) is 1.54. The zero-order valence-corrected chi connectivity index (χ0v) is 25.1. The Kier molecular flexibility index (Phi) is 10.6. The van der Waals surface area contributed by atoms with Crippen LogP contribution in [0, 0.1) is 17.6 Å². The van der Waals surface area contributed by atoms with E-state index in [4.69, 9.17) is 21.7 Å². The Hall–Kier alpha value is -4.16. The van der Waals surface area contributed by atoms with Crippen LogP contribution in [-0.2, 0) is 17.8 Å². The topological polar surface area (TPSA) is 93.1 Å². The molecule has 0 saturated carbocycles. The predicted octanol–water partition coefficient (Wildman–Crippen LogP) is 3.70. The first-order valence-electron chi connectivity index (χ1n) is 13.8. The first kappa shape index (κ1) is 31.8. The van der Waals surface area contributed by atoms with Crippen LogP contribution < -0.4 is 20.5 Å². The second-order valence-electron chi connectivity index (χ2n) is 10.6. The maximum atomic E-state index is 14.1. The minimum Gasteiger partial charge on any atom is -0.482 e. The monoisotopic (exact) mass is 612 g/mol. The second-order valence-corrected chi connectivity index (χ2v) is 11.1. The van der Waals surface area contributed by atoms with Gasteiger partial charge in [-0.25, -0.2) is 8.78 Å². The number of hydrogen-bond donors (Lipinski definition) is 1. The van der Waals surface area contributed by atoms with Gasteiger partial charge in [-0.05, 0) is 23.1 Å². The lowest BCUT2D eigenvalue weighted by Gasteiger charge is -2.40. The van der Waals surface area contributed by atoms with Crippen molar-refractivity contribution in [1.82, 2.24) is 14.9 Å². The molecule has 0 bridgehead atoms. The van der Waals surface area contributed by atoms with Gasteiger partial charge in [0.15, 0.2) is 17.2 Å². The Bertz CT molecular complexity index is 1550. The molecular weight excluding hydrogens is 578 g/mol. The number of rotatable bonds is 13. The second kappa shape index (κ2) is 14.3. The third kappa shape index (κ3) is 7.82. The van der Waals surface area contributed by atoms with Crippen LogP contribution in [0.5, 0.6) is 5.75 Å². The third-order valence-corrected chi connectivity index (χ3v) is 7.04. The van der Waals surface area contributed by atoms with Crippen molar-refractivity contribution in [2.45, 2.75) is 26.9 Å². The number of nitrogens with one attached hydrogen (secondary N) is 1. The lowest BCUT2D eigenvalue weighted by atomic mass is 10.1. The van der Waals surface area contributed by atoms with Gasteiger partial charge in [-0.2, -0.15) is 0 Å². The number of halogens is 2. The lowest BCUT2D eigenvalue weighted by molar-refractivity contribution is 0.0615. The summed E-state index contributed by atoms with van der Waals surface area (Å²) in [6, 6.07) is 12.3. The number of carbonyl (C=O) groups excluding carboxylic acids is 2. The molecule has 0 atom stereocenters. The van der Waals surface area contributed by atoms with Gasteiger partial charge >= 0.3 is 0 Å². The molecule has 0 fully saturated rings. The van der Waals surface area contributed by atoms with Crippen molar-refractivity contribution in [3.8, 4) is 5.75 Å². The Balaban J connectivity index is 1.67. The Morgan fingerprint density at radius 3 is 2.53 bits per heavy atom. The van der Waals surface area contributed by atoms with Gasteiger partial charge in [0, 0.05) is 38.9 Å². The molecule has 1 N–H and O–H groups in total. The molecule has 1 aliphatic heterocycles. The van der Waals surface area contributed by atoms with E-state index in [-0.39, 0.29) is 59.7 Å². The van der Waals surface area contributed by atoms with Crippen molar-refractivity contribution in [1.29, 1.82) is 0 Å². The molecule has 12 heteroatoms. The standard InChI is InChI=1S/C31H34F2N4O5S/c1-20(2)16-36-19-35(11-12-41-3)31(40)28-30(42-18-21-7-5-4-6-8-21)29(39)24(17-37(28)36)26(38)15-34-27(43)13-22-9-10-23(32)14-25(22)33/h4-10,14,17,20H,11-13,15-16,18-19H2,1-3H3,(H,34,43). The van der Waals surface area contributed by atoms with Gasteiger partial charge in [0.1, 0.15) is 24.9 Å². The van der Waals surface area contributed by atoms with E-state index >= 15 is 0 Å². The Morgan fingerprint density at radius 2 is 1.86 bits per heavy atom. The van der Waals surface area contributed by atoms with Crippen molar-refractivity contribution >= 4 is 28.9 Å². The average Bonchev–Trinajstić information content (AvgIpc) is 2.97. The highest BCUT2D eigenvalue weighted by molar-refractivity contribution is 7.80. The van der Waals surface area contributed by atoms with E-state index in [1.54, 1.807) is 12.0 Å². The van der Waals surface area contributed by atoms with Crippen LogP contribution in [0.25, 0.3) is 0 Å². The number of thiocarbonyl (C=S) groups is 1. The van der Waals surface area contributed by atoms with Crippen LogP contribution >= 0.6 is 12.2 Å². The number of amides is 1. The van der Waals surface area contributed by atoms with Crippen LogP contribution in [0.1, 0.15) is 45.8 Å². The number of hydrogen-bond acceptors (Lipinski definition) is 7. The fraction of sp³-hybridized carbons (Fsp3) is 0.355. The van der Waals surface area contributed by atoms with E-state index in [0.29, 0.717) is 19.7 Å². The number of carbonyl (C=O) groups is 2. The summed E-state index contributed by atoms with van der Waals surface area (Å²) in [6.07, 6.45) is 1.31. The maximum absolute atomic E-state index is 14.1. The number of ketones is 1. The molecule has 1 aliphatic rings.